The molecular formula is C21H19F4N3O2. The zero-order chi connectivity index (χ0) is 21.5. The van der Waals surface area contributed by atoms with Crippen molar-refractivity contribution in [2.24, 2.45) is 5.92 Å². The Kier molecular flexibility index (Phi) is 5.13. The lowest BCUT2D eigenvalue weighted by Gasteiger charge is -2.14. The zero-order valence-corrected chi connectivity index (χ0v) is 16.0. The Bertz CT molecular complexity index is 1060. The van der Waals surface area contributed by atoms with Crippen molar-refractivity contribution in [1.29, 1.82) is 0 Å². The smallest absolute Gasteiger partial charge is 0.422 e. The minimum absolute atomic E-state index is 0.00317. The number of nitrogens with one attached hydrogen (secondary N) is 2. The van der Waals surface area contributed by atoms with Crippen LogP contribution in [0.5, 0.6) is 5.75 Å². The number of hydrogen-bond acceptors (Lipinski definition) is 3. The lowest BCUT2D eigenvalue weighted by molar-refractivity contribution is -0.153. The number of H-pyrrole nitrogens is 1. The molecule has 3 unspecified atom stereocenters. The summed E-state index contributed by atoms with van der Waals surface area (Å²) in [7, 11) is 0. The van der Waals surface area contributed by atoms with Crippen molar-refractivity contribution >= 4 is 16.8 Å². The predicted molar refractivity (Wildman–Crippen MR) is 101 cm³/mol. The normalized spacial score (nSPS) is 19.5. The number of halogens is 4. The largest absolute Gasteiger partial charge is 0.483 e. The highest BCUT2D eigenvalue weighted by atomic mass is 19.4. The van der Waals surface area contributed by atoms with E-state index >= 15 is 0 Å². The minimum atomic E-state index is -4.42. The third kappa shape index (κ3) is 4.24. The maximum absolute atomic E-state index is 13.9. The van der Waals surface area contributed by atoms with Crippen molar-refractivity contribution < 1.29 is 27.1 Å². The van der Waals surface area contributed by atoms with Gasteiger partial charge in [-0.3, -0.25) is 9.78 Å². The van der Waals surface area contributed by atoms with Crippen molar-refractivity contribution in [3.05, 3.63) is 59.8 Å². The summed E-state index contributed by atoms with van der Waals surface area (Å²) in [6.45, 7) is 0.357. The number of para-hydroxylation sites is 1. The molecule has 1 aliphatic carbocycles. The van der Waals surface area contributed by atoms with Gasteiger partial charge in [-0.1, -0.05) is 12.1 Å². The molecule has 1 fully saturated rings. The Labute approximate surface area is 169 Å². The number of aromatic amines is 1. The zero-order valence-electron chi connectivity index (χ0n) is 16.0. The predicted octanol–water partition coefficient (Wildman–Crippen LogP) is 4.62. The summed E-state index contributed by atoms with van der Waals surface area (Å²) in [4.78, 5) is 19.6. The van der Waals surface area contributed by atoms with E-state index in [1.54, 1.807) is 19.2 Å². The number of benzene rings is 1. The number of amides is 1. The van der Waals surface area contributed by atoms with Crippen LogP contribution in [0.2, 0.25) is 0 Å². The van der Waals surface area contributed by atoms with Gasteiger partial charge in [0.25, 0.3) is 0 Å². The Morgan fingerprint density at radius 1 is 1.33 bits per heavy atom. The van der Waals surface area contributed by atoms with E-state index in [0.717, 1.165) is 10.9 Å². The van der Waals surface area contributed by atoms with Gasteiger partial charge in [0.05, 0.1) is 23.4 Å². The average Bonchev–Trinajstić information content (AvgIpc) is 3.38. The van der Waals surface area contributed by atoms with Gasteiger partial charge in [-0.05, 0) is 43.0 Å². The number of pyridine rings is 1. The maximum atomic E-state index is 13.9. The second-order valence-corrected chi connectivity index (χ2v) is 7.41. The molecule has 3 aromatic rings. The first-order valence-corrected chi connectivity index (χ1v) is 9.44. The molecule has 2 aromatic heterocycles. The van der Waals surface area contributed by atoms with E-state index in [1.165, 1.54) is 24.4 Å². The molecule has 1 aliphatic rings. The van der Waals surface area contributed by atoms with Gasteiger partial charge >= 0.3 is 6.18 Å². The number of carbonyl (C=O) groups excluding carboxylic acids is 1. The number of fused-ring (bicyclic) bond motifs is 1. The van der Waals surface area contributed by atoms with Crippen LogP contribution in [0.4, 0.5) is 17.6 Å². The summed E-state index contributed by atoms with van der Waals surface area (Å²) in [6.07, 6.45) is -0.808. The van der Waals surface area contributed by atoms with E-state index in [0.29, 0.717) is 17.6 Å². The number of rotatable bonds is 6. The van der Waals surface area contributed by atoms with Crippen LogP contribution in [-0.2, 0) is 4.79 Å². The van der Waals surface area contributed by atoms with Gasteiger partial charge < -0.3 is 15.0 Å². The van der Waals surface area contributed by atoms with Crippen LogP contribution in [0.3, 0.4) is 0 Å². The fraction of sp³-hybridized carbons (Fsp3) is 0.333. The van der Waals surface area contributed by atoms with E-state index in [-0.39, 0.29) is 29.3 Å². The quantitative estimate of drug-likeness (QED) is 0.571. The Balaban J connectivity index is 1.36. The van der Waals surface area contributed by atoms with Crippen molar-refractivity contribution in [1.82, 2.24) is 15.3 Å². The molecule has 0 spiro atoms. The second-order valence-electron chi connectivity index (χ2n) is 7.41. The number of aromatic nitrogens is 2. The molecular weight excluding hydrogens is 402 g/mol. The van der Waals surface area contributed by atoms with E-state index < -0.39 is 18.8 Å². The van der Waals surface area contributed by atoms with Gasteiger partial charge in [-0.15, -0.1) is 0 Å². The first-order chi connectivity index (χ1) is 14.2. The standard InChI is InChI=1S/C21H19F4N3O2/c1-11(18-6-5-12(8-26-18)30-10-21(23,24)25)28-20(29)15-7-14(15)16-9-27-19-13(16)3-2-4-17(19)22/h2-6,8-9,11,14-15,27H,7,10H2,1H3,(H,28,29). The number of ether oxygens (including phenoxy) is 1. The first-order valence-electron chi connectivity index (χ1n) is 9.44. The molecule has 1 aromatic carbocycles. The van der Waals surface area contributed by atoms with E-state index in [1.807, 2.05) is 6.07 Å². The third-order valence-electron chi connectivity index (χ3n) is 5.19. The molecule has 0 saturated heterocycles. The molecule has 2 heterocycles. The molecule has 0 aliphatic heterocycles. The number of nitrogens with zero attached hydrogens (tertiary/aromatic N) is 1. The van der Waals surface area contributed by atoms with Crippen molar-refractivity contribution in [3.8, 4) is 5.75 Å². The molecule has 5 nitrogen and oxygen atoms in total. The minimum Gasteiger partial charge on any atom is -0.483 e. The number of carbonyl (C=O) groups is 1. The summed E-state index contributed by atoms with van der Waals surface area (Å²) < 4.78 is 55.1. The number of alkyl halides is 3. The van der Waals surface area contributed by atoms with E-state index in [2.05, 4.69) is 20.0 Å². The van der Waals surface area contributed by atoms with Gasteiger partial charge in [0.1, 0.15) is 11.6 Å². The fourth-order valence-corrected chi connectivity index (χ4v) is 3.57. The van der Waals surface area contributed by atoms with Crippen LogP contribution in [0.1, 0.15) is 36.6 Å². The highest BCUT2D eigenvalue weighted by Gasteiger charge is 2.45. The van der Waals surface area contributed by atoms with Crippen LogP contribution in [0.25, 0.3) is 10.9 Å². The van der Waals surface area contributed by atoms with E-state index in [4.69, 9.17) is 0 Å². The van der Waals surface area contributed by atoms with Crippen molar-refractivity contribution in [2.45, 2.75) is 31.5 Å². The highest BCUT2D eigenvalue weighted by Crippen LogP contribution is 2.50. The molecule has 9 heteroatoms. The Morgan fingerprint density at radius 3 is 2.83 bits per heavy atom. The lowest BCUT2D eigenvalue weighted by Crippen LogP contribution is -2.29. The fourth-order valence-electron chi connectivity index (χ4n) is 3.57. The second kappa shape index (κ2) is 7.62. The SMILES string of the molecule is CC(NC(=O)C1CC1c1c[nH]c2c(F)cccc12)c1ccc(OCC(F)(F)F)cn1. The molecule has 1 saturated carbocycles. The molecule has 158 valence electrons. The van der Waals surface area contributed by atoms with Gasteiger partial charge in [0.15, 0.2) is 6.61 Å². The van der Waals surface area contributed by atoms with Gasteiger partial charge in [-0.2, -0.15) is 13.2 Å². The Hall–Kier alpha value is -3.10. The van der Waals surface area contributed by atoms with Gasteiger partial charge in [0.2, 0.25) is 5.91 Å². The molecule has 3 atom stereocenters. The molecule has 2 N–H and O–H groups in total. The highest BCUT2D eigenvalue weighted by molar-refractivity contribution is 5.88. The molecule has 30 heavy (non-hydrogen) atoms. The average molecular weight is 421 g/mol. The third-order valence-corrected chi connectivity index (χ3v) is 5.19. The van der Waals surface area contributed by atoms with E-state index in [9.17, 15) is 22.4 Å². The summed E-state index contributed by atoms with van der Waals surface area (Å²) >= 11 is 0. The first kappa shape index (κ1) is 20.2. The molecule has 1 amide bonds. The Morgan fingerprint density at radius 2 is 2.13 bits per heavy atom. The van der Waals surface area contributed by atoms with Crippen LogP contribution in [0.15, 0.2) is 42.7 Å². The van der Waals surface area contributed by atoms with Crippen molar-refractivity contribution in [3.63, 3.8) is 0 Å². The molecule has 0 radical (unpaired) electrons. The summed E-state index contributed by atoms with van der Waals surface area (Å²) in [5.74, 6) is -0.674. The summed E-state index contributed by atoms with van der Waals surface area (Å²) in [6, 6.07) is 7.33. The summed E-state index contributed by atoms with van der Waals surface area (Å²) in [5, 5.41) is 3.66. The maximum Gasteiger partial charge on any atom is 0.422 e. The van der Waals surface area contributed by atoms with Crippen molar-refractivity contribution in [2.75, 3.05) is 6.61 Å². The van der Waals surface area contributed by atoms with Gasteiger partial charge in [-0.25, -0.2) is 4.39 Å². The lowest BCUT2D eigenvalue weighted by atomic mass is 10.1. The van der Waals surface area contributed by atoms with Crippen LogP contribution in [0, 0.1) is 11.7 Å². The van der Waals surface area contributed by atoms with Gasteiger partial charge in [0, 0.05) is 17.5 Å². The molecule has 4 rings (SSSR count). The monoisotopic (exact) mass is 421 g/mol. The topological polar surface area (TPSA) is 67.0 Å². The summed E-state index contributed by atoms with van der Waals surface area (Å²) in [5.41, 5.74) is 1.86. The van der Waals surface area contributed by atoms with Crippen LogP contribution >= 0.6 is 0 Å². The van der Waals surface area contributed by atoms with Crippen LogP contribution in [-0.4, -0.2) is 28.7 Å². The molecule has 0 bridgehead atoms. The number of hydrogen-bond donors (Lipinski definition) is 2. The van der Waals surface area contributed by atoms with Crippen LogP contribution < -0.4 is 10.1 Å².